The second kappa shape index (κ2) is 31.4. The van der Waals surface area contributed by atoms with E-state index in [0.29, 0.717) is 29.7 Å². The Morgan fingerprint density at radius 3 is 2.04 bits per heavy atom. The molecule has 1 rings (SSSR count). The van der Waals surface area contributed by atoms with Crippen LogP contribution in [0.4, 0.5) is 0 Å². The molecule has 53 heavy (non-hydrogen) atoms. The van der Waals surface area contributed by atoms with Crippen molar-refractivity contribution < 1.29 is 37.6 Å². The van der Waals surface area contributed by atoms with Crippen molar-refractivity contribution in [3.63, 3.8) is 0 Å². The predicted molar refractivity (Wildman–Crippen MR) is 221 cm³/mol. The number of hydrogen-bond donors (Lipinski definition) is 3. The van der Waals surface area contributed by atoms with Crippen LogP contribution in [0.15, 0.2) is 60.8 Å². The van der Waals surface area contributed by atoms with Gasteiger partial charge in [-0.3, -0.25) is 13.8 Å². The number of phosphoric acid groups is 1. The molecule has 10 heteroatoms. The molecule has 0 aromatic carbocycles. The van der Waals surface area contributed by atoms with Gasteiger partial charge in [0.2, 0.25) is 5.91 Å². The molecule has 0 bridgehead atoms. The van der Waals surface area contributed by atoms with E-state index in [2.05, 4.69) is 67.8 Å². The van der Waals surface area contributed by atoms with Crippen molar-refractivity contribution in [1.82, 2.24) is 5.32 Å². The molecule has 1 heterocycles. The first-order chi connectivity index (χ1) is 25.5. The maximum Gasteiger partial charge on any atom is 0.472 e. The minimum atomic E-state index is -4.36. The van der Waals surface area contributed by atoms with E-state index < -0.39 is 20.0 Å². The van der Waals surface area contributed by atoms with Crippen LogP contribution in [0.1, 0.15) is 142 Å². The number of epoxide rings is 1. The zero-order chi connectivity index (χ0) is 39.0. The van der Waals surface area contributed by atoms with Crippen LogP contribution >= 0.6 is 7.82 Å². The Bertz CT molecular complexity index is 1110. The fourth-order valence-corrected chi connectivity index (χ4v) is 6.39. The summed E-state index contributed by atoms with van der Waals surface area (Å²) in [6.45, 7) is 4.64. The summed E-state index contributed by atoms with van der Waals surface area (Å²) in [5.74, 6) is -0.241. The molecule has 3 N–H and O–H groups in total. The maximum absolute atomic E-state index is 12.8. The Balaban J connectivity index is 2.40. The van der Waals surface area contributed by atoms with Gasteiger partial charge in [-0.2, -0.15) is 0 Å². The van der Waals surface area contributed by atoms with Crippen LogP contribution in [-0.2, 0) is 23.1 Å². The number of ether oxygens (including phenoxy) is 1. The molecule has 0 aliphatic carbocycles. The Hall–Kier alpha value is -1.84. The number of phosphoric ester groups is 1. The van der Waals surface area contributed by atoms with Gasteiger partial charge >= 0.3 is 7.82 Å². The minimum Gasteiger partial charge on any atom is -0.387 e. The van der Waals surface area contributed by atoms with Crippen molar-refractivity contribution in [2.75, 3.05) is 40.9 Å². The van der Waals surface area contributed by atoms with E-state index in [-0.39, 0.29) is 25.5 Å². The van der Waals surface area contributed by atoms with Crippen molar-refractivity contribution in [3.8, 4) is 0 Å². The fraction of sp³-hybridized carbons (Fsp3) is 0.744. The second-order valence-electron chi connectivity index (χ2n) is 15.4. The first kappa shape index (κ1) is 49.2. The molecule has 306 valence electrons. The van der Waals surface area contributed by atoms with E-state index in [1.54, 1.807) is 6.08 Å². The number of nitrogens with one attached hydrogen (secondary N) is 1. The summed E-state index contributed by atoms with van der Waals surface area (Å²) >= 11 is 0. The molecule has 0 spiro atoms. The van der Waals surface area contributed by atoms with Gasteiger partial charge < -0.3 is 24.5 Å². The molecule has 0 aromatic heterocycles. The molecule has 3 unspecified atom stereocenters. The van der Waals surface area contributed by atoms with Crippen molar-refractivity contribution in [2.24, 2.45) is 0 Å². The van der Waals surface area contributed by atoms with Crippen LogP contribution in [0, 0.1) is 0 Å². The van der Waals surface area contributed by atoms with E-state index in [4.69, 9.17) is 13.8 Å². The number of hydrogen-bond acceptors (Lipinski definition) is 6. The summed E-state index contributed by atoms with van der Waals surface area (Å²) in [6, 6.07) is -0.883. The molecule has 9 nitrogen and oxygen atoms in total. The lowest BCUT2D eigenvalue weighted by Crippen LogP contribution is -2.45. The summed E-state index contributed by atoms with van der Waals surface area (Å²) in [7, 11) is 1.51. The first-order valence-corrected chi connectivity index (χ1v) is 22.3. The van der Waals surface area contributed by atoms with Crippen molar-refractivity contribution in [2.45, 2.75) is 167 Å². The smallest absolute Gasteiger partial charge is 0.387 e. The highest BCUT2D eigenvalue weighted by molar-refractivity contribution is 7.47. The number of amides is 1. The second-order valence-corrected chi connectivity index (χ2v) is 16.8. The lowest BCUT2D eigenvalue weighted by Gasteiger charge is -2.25. The van der Waals surface area contributed by atoms with Crippen LogP contribution in [0.3, 0.4) is 0 Å². The Morgan fingerprint density at radius 1 is 0.755 bits per heavy atom. The number of carbonyl (C=O) groups is 1. The number of allylic oxidation sites excluding steroid dienone is 8. The number of likely N-dealkylation sites (N-methyl/N-ethyl adjacent to an activating group) is 1. The average Bonchev–Trinajstić information content (AvgIpc) is 3.86. The minimum absolute atomic E-state index is 0.0446. The van der Waals surface area contributed by atoms with Crippen LogP contribution in [0.25, 0.3) is 0 Å². The van der Waals surface area contributed by atoms with Crippen LogP contribution in [0.5, 0.6) is 0 Å². The Kier molecular flexibility index (Phi) is 29.1. The van der Waals surface area contributed by atoms with Gasteiger partial charge in [-0.25, -0.2) is 4.57 Å². The molecule has 1 amide bonds. The lowest BCUT2D eigenvalue weighted by atomic mass is 10.1. The predicted octanol–water partition coefficient (Wildman–Crippen LogP) is 10.1. The molecule has 5 atom stereocenters. The monoisotopic (exact) mass is 766 g/mol. The van der Waals surface area contributed by atoms with Crippen LogP contribution < -0.4 is 5.32 Å². The normalized spacial score (nSPS) is 18.9. The molecule has 0 saturated carbocycles. The number of aliphatic hydroxyl groups excluding tert-OH is 1. The summed E-state index contributed by atoms with van der Waals surface area (Å²) in [5.41, 5.74) is 0. The van der Waals surface area contributed by atoms with Gasteiger partial charge in [0.15, 0.2) is 0 Å². The fourth-order valence-electron chi connectivity index (χ4n) is 5.66. The summed E-state index contributed by atoms with van der Waals surface area (Å²) < 4.78 is 29.2. The highest BCUT2D eigenvalue weighted by atomic mass is 31.2. The van der Waals surface area contributed by atoms with Gasteiger partial charge in [0.25, 0.3) is 0 Å². The number of unbranched alkanes of at least 4 members (excludes halogenated alkanes) is 11. The molecular weight excluding hydrogens is 687 g/mol. The third-order valence-electron chi connectivity index (χ3n) is 9.11. The standard InChI is InChI=1S/C43H77N2O7P/c1-6-8-10-11-12-13-14-15-16-19-22-25-29-32-40(46)39(38-51-53(48,49)50-37-36-45(3,4)5)44-43(47)35-31-27-24-21-18-17-20-23-26-30-34-42-41(52-42)33-28-9-7-2/h10-11,17,20-21,24,26,29-30,32,39-42,46H,6-9,12-16,18-19,22-23,25,27-28,31,33-38H2,1-5H3,(H-,44,47,48,49)/p+1/b11-10-,20-17-,24-21-,30-26-,32-29+/t39-,40+,41?,42?/m0/s1. The van der Waals surface area contributed by atoms with Gasteiger partial charge in [0, 0.05) is 6.42 Å². The van der Waals surface area contributed by atoms with Crippen molar-refractivity contribution >= 4 is 13.7 Å². The van der Waals surface area contributed by atoms with E-state index in [1.165, 1.54) is 70.6 Å². The summed E-state index contributed by atoms with van der Waals surface area (Å²) in [4.78, 5) is 23.0. The van der Waals surface area contributed by atoms with E-state index >= 15 is 0 Å². The van der Waals surface area contributed by atoms with Gasteiger partial charge in [0.1, 0.15) is 13.2 Å². The summed E-state index contributed by atoms with van der Waals surface area (Å²) in [6.07, 6.45) is 41.8. The average molecular weight is 766 g/mol. The topological polar surface area (TPSA) is 118 Å². The maximum atomic E-state index is 12.8. The van der Waals surface area contributed by atoms with Crippen LogP contribution in [-0.4, -0.2) is 85.6 Å². The SMILES string of the molecule is CCC/C=C\CCCCCCCC/C=C/[C@@H](O)[C@H](COP(=O)(O)OCC[N+](C)(C)C)NC(=O)CCC/C=C\C/C=C\C/C=C\CC1OC1CCCCC. The summed E-state index contributed by atoms with van der Waals surface area (Å²) in [5, 5.41) is 13.7. The van der Waals surface area contributed by atoms with Gasteiger partial charge in [-0.05, 0) is 70.6 Å². The highest BCUT2D eigenvalue weighted by Crippen LogP contribution is 2.43. The largest absolute Gasteiger partial charge is 0.472 e. The third-order valence-corrected chi connectivity index (χ3v) is 10.1. The lowest BCUT2D eigenvalue weighted by molar-refractivity contribution is -0.870. The van der Waals surface area contributed by atoms with Crippen molar-refractivity contribution in [1.29, 1.82) is 0 Å². The molecule has 1 aliphatic rings. The van der Waals surface area contributed by atoms with Crippen molar-refractivity contribution in [3.05, 3.63) is 60.8 Å². The van der Waals surface area contributed by atoms with Gasteiger partial charge in [0.05, 0.1) is 52.1 Å². The number of rotatable bonds is 35. The van der Waals surface area contributed by atoms with E-state index in [1.807, 2.05) is 27.2 Å². The van der Waals surface area contributed by atoms with Crippen LogP contribution in [0.2, 0.25) is 0 Å². The molecule has 1 aliphatic heterocycles. The van der Waals surface area contributed by atoms with E-state index in [9.17, 15) is 19.4 Å². The molecule has 1 fully saturated rings. The first-order valence-electron chi connectivity index (χ1n) is 20.8. The number of carbonyl (C=O) groups excluding carboxylic acids is 1. The third kappa shape index (κ3) is 31.1. The molecular formula is C43H78N2O7P+. The molecule has 1 saturated heterocycles. The van der Waals surface area contributed by atoms with E-state index in [0.717, 1.165) is 44.9 Å². The molecule has 0 aromatic rings. The molecule has 0 radical (unpaired) electrons. The zero-order valence-electron chi connectivity index (χ0n) is 34.2. The zero-order valence-corrected chi connectivity index (χ0v) is 35.1. The van der Waals surface area contributed by atoms with Gasteiger partial charge in [-0.1, -0.05) is 126 Å². The van der Waals surface area contributed by atoms with Gasteiger partial charge in [-0.15, -0.1) is 0 Å². The Morgan fingerprint density at radius 2 is 1.36 bits per heavy atom. The number of quaternary nitrogens is 1. The number of aliphatic hydroxyl groups is 1. The Labute approximate surface area is 324 Å². The quantitative estimate of drug-likeness (QED) is 0.0193. The number of nitrogens with zero attached hydrogens (tertiary/aromatic N) is 1. The highest BCUT2D eigenvalue weighted by Gasteiger charge is 2.36.